The van der Waals surface area contributed by atoms with Gasteiger partial charge in [0.2, 0.25) is 0 Å². The van der Waals surface area contributed by atoms with Crippen LogP contribution in [-0.2, 0) is 32.0 Å². The average Bonchev–Trinajstić information content (AvgIpc) is 3.39. The molecule has 2 saturated heterocycles. The molecule has 1 unspecified atom stereocenters. The number of nitrogens with two attached hydrogens (primary N) is 1. The van der Waals surface area contributed by atoms with Crippen LogP contribution in [0.5, 0.6) is 0 Å². The maximum atomic E-state index is 13.1. The van der Waals surface area contributed by atoms with Crippen molar-refractivity contribution in [3.8, 4) is 0 Å². The van der Waals surface area contributed by atoms with Crippen molar-refractivity contribution in [3.63, 3.8) is 0 Å². The standard InChI is InChI=1S/C16H25N5O15P2/c17-13-7-14(19-3-18-13)21(4-20-7)15-11(26)9(24)6(33-15)2-32-38(31,36-37(28,29)30)35-16-12(27)10(25)8(23)5(1-22)34-16/h3-6,8-12,15-16,22-27H,1-2H2,(H2,17,18,19)(H2,28,29,30)/t5-,6-,8-,9-,10+,11-,12-,15-,16-,38?/m1/s1/i1+2,5+2,8+2,10+2,12+2,16+2. The van der Waals surface area contributed by atoms with Crippen LogP contribution in [0.4, 0.5) is 5.82 Å². The minimum Gasteiger partial charge on any atom is -0.394 e. The Bertz CT molecular complexity index is 1230. The zero-order valence-electron chi connectivity index (χ0n) is 19.0. The van der Waals surface area contributed by atoms with E-state index < -0.39 is 84.1 Å². The number of aromatic nitrogens is 4. The lowest BCUT2D eigenvalue weighted by atomic mass is 10.1. The van der Waals surface area contributed by atoms with Gasteiger partial charge in [-0.05, 0) is 0 Å². The summed E-state index contributed by atoms with van der Waals surface area (Å²) in [6, 6.07) is 0. The molecule has 2 aliphatic rings. The molecule has 214 valence electrons. The Kier molecular flexibility index (Phi) is 8.51. The Hall–Kier alpha value is -1.71. The van der Waals surface area contributed by atoms with E-state index in [1.165, 1.54) is 10.9 Å². The molecule has 4 heterocycles. The van der Waals surface area contributed by atoms with Gasteiger partial charge in [-0.25, -0.2) is 24.1 Å². The Morgan fingerprint density at radius 3 is 2.47 bits per heavy atom. The number of imidazole rings is 1. The first-order chi connectivity index (χ1) is 17.7. The van der Waals surface area contributed by atoms with Gasteiger partial charge >= 0.3 is 15.6 Å². The minimum absolute atomic E-state index is 0.0301. The van der Waals surface area contributed by atoms with Crippen molar-refractivity contribution in [3.05, 3.63) is 12.7 Å². The highest BCUT2D eigenvalue weighted by Crippen LogP contribution is 2.62. The molecule has 2 fully saturated rings. The fraction of sp³-hybridized carbons (Fsp3) is 0.688. The summed E-state index contributed by atoms with van der Waals surface area (Å²) in [7, 11) is -11.0. The number of ether oxygens (including phenoxy) is 2. The molecule has 10 N–H and O–H groups in total. The number of phosphoric acid groups is 2. The van der Waals surface area contributed by atoms with Crippen molar-refractivity contribution in [1.82, 2.24) is 19.5 Å². The van der Waals surface area contributed by atoms with Crippen LogP contribution in [0, 0.1) is 0 Å². The third-order valence-electron chi connectivity index (χ3n) is 5.68. The van der Waals surface area contributed by atoms with Gasteiger partial charge in [0.1, 0.15) is 54.6 Å². The fourth-order valence-corrected chi connectivity index (χ4v) is 6.01. The molecule has 4 rings (SSSR count). The highest BCUT2D eigenvalue weighted by atomic mass is 31.3. The first-order valence-electron chi connectivity index (χ1n) is 10.7. The number of nitrogens with zero attached hydrogens (tertiary/aromatic N) is 4. The van der Waals surface area contributed by atoms with E-state index in [-0.39, 0.29) is 17.0 Å². The number of hydrogen-bond donors (Lipinski definition) is 9. The Morgan fingerprint density at radius 1 is 1.11 bits per heavy atom. The normalized spacial score (nSPS) is 35.9. The molecular weight excluding hydrogens is 576 g/mol. The first kappa shape index (κ1) is 29.3. The molecular formula is C16H25N5O15P2. The molecule has 0 saturated carbocycles. The lowest BCUT2D eigenvalue weighted by molar-refractivity contribution is -0.281. The van der Waals surface area contributed by atoms with Crippen molar-refractivity contribution >= 4 is 32.6 Å². The number of rotatable bonds is 9. The van der Waals surface area contributed by atoms with Crippen LogP contribution >= 0.6 is 15.6 Å². The third kappa shape index (κ3) is 5.89. The number of aliphatic hydroxyl groups excluding tert-OH is 6. The maximum Gasteiger partial charge on any atom is 0.486 e. The zero-order chi connectivity index (χ0) is 28.0. The van der Waals surface area contributed by atoms with Gasteiger partial charge in [0.05, 0.1) is 19.5 Å². The van der Waals surface area contributed by atoms with Crippen LogP contribution in [-0.4, -0.2) is 122 Å². The van der Waals surface area contributed by atoms with Gasteiger partial charge in [-0.2, -0.15) is 4.31 Å². The molecule has 2 aromatic rings. The van der Waals surface area contributed by atoms with Crippen molar-refractivity contribution in [2.24, 2.45) is 0 Å². The lowest BCUT2D eigenvalue weighted by Crippen LogP contribution is -2.59. The molecule has 0 aromatic carbocycles. The summed E-state index contributed by atoms with van der Waals surface area (Å²) < 4.78 is 50.2. The number of nitrogen functional groups attached to an aromatic ring is 1. The van der Waals surface area contributed by atoms with Crippen molar-refractivity contribution in [2.75, 3.05) is 18.9 Å². The van der Waals surface area contributed by atoms with Crippen LogP contribution in [0.15, 0.2) is 12.7 Å². The topological polar surface area (TPSA) is 312 Å². The van der Waals surface area contributed by atoms with Crippen LogP contribution in [0.2, 0.25) is 0 Å². The molecule has 38 heavy (non-hydrogen) atoms. The minimum atomic E-state index is -5.60. The quantitative estimate of drug-likeness (QED) is 0.124. The van der Waals surface area contributed by atoms with Gasteiger partial charge in [0.25, 0.3) is 0 Å². The second-order valence-electron chi connectivity index (χ2n) is 8.25. The molecule has 10 atom stereocenters. The van der Waals surface area contributed by atoms with Gasteiger partial charge in [-0.15, -0.1) is 0 Å². The van der Waals surface area contributed by atoms with E-state index in [0.717, 1.165) is 6.33 Å². The highest BCUT2D eigenvalue weighted by Gasteiger charge is 2.51. The van der Waals surface area contributed by atoms with Gasteiger partial charge in [-0.1, -0.05) is 0 Å². The van der Waals surface area contributed by atoms with Crippen molar-refractivity contribution < 1.29 is 72.4 Å². The average molecular weight is 601 g/mol. The Balaban J connectivity index is 1.51. The zero-order valence-corrected chi connectivity index (χ0v) is 20.7. The molecule has 2 aromatic heterocycles. The lowest BCUT2D eigenvalue weighted by Gasteiger charge is -2.40. The highest BCUT2D eigenvalue weighted by molar-refractivity contribution is 7.61. The number of hydrogen-bond acceptors (Lipinski definition) is 17. The first-order valence-corrected chi connectivity index (χ1v) is 13.7. The van der Waals surface area contributed by atoms with Crippen LogP contribution in [0.25, 0.3) is 11.2 Å². The Morgan fingerprint density at radius 2 is 1.82 bits per heavy atom. The van der Waals surface area contributed by atoms with Crippen LogP contribution < -0.4 is 5.73 Å². The number of phosphoric ester groups is 1. The molecule has 2 aliphatic heterocycles. The summed E-state index contributed by atoms with van der Waals surface area (Å²) in [5.74, 6) is 0.0301. The largest absolute Gasteiger partial charge is 0.486 e. The van der Waals surface area contributed by atoms with Crippen LogP contribution in [0.3, 0.4) is 0 Å². The van der Waals surface area contributed by atoms with Crippen molar-refractivity contribution in [1.29, 1.82) is 0 Å². The summed E-state index contributed by atoms with van der Waals surface area (Å²) in [5, 5.41) is 60.1. The summed E-state index contributed by atoms with van der Waals surface area (Å²) >= 11 is 0. The summed E-state index contributed by atoms with van der Waals surface area (Å²) in [6.45, 7) is -1.86. The molecule has 0 aliphatic carbocycles. The SMILES string of the molecule is Nc1ncnc2c1ncn2[C@@H]1O[C@H](COP(=O)(O[14C@H]2O[14C@H]([14CH2]O)[14C@@H](O)[14C@H](O)[14C@H]2O)OP(=O)(O)O)[C@@H](O)[C@H]1O. The Labute approximate surface area is 212 Å². The predicted octanol–water partition coefficient (Wildman–Crippen LogP) is -3.92. The van der Waals surface area contributed by atoms with Crippen LogP contribution in [0.1, 0.15) is 6.23 Å². The number of aliphatic hydroxyl groups is 6. The van der Waals surface area contributed by atoms with Gasteiger partial charge < -0.3 is 55.6 Å². The van der Waals surface area contributed by atoms with E-state index in [4.69, 9.17) is 24.3 Å². The molecule has 0 spiro atoms. The van der Waals surface area contributed by atoms with E-state index in [1.807, 2.05) is 0 Å². The smallest absolute Gasteiger partial charge is 0.394 e. The van der Waals surface area contributed by atoms with E-state index >= 15 is 0 Å². The molecule has 0 radical (unpaired) electrons. The van der Waals surface area contributed by atoms with E-state index in [2.05, 4.69) is 19.3 Å². The number of fused-ring (bicyclic) bond motifs is 1. The molecule has 20 nitrogen and oxygen atoms in total. The summed E-state index contributed by atoms with van der Waals surface area (Å²) in [6.07, 6.45) is -13.5. The van der Waals surface area contributed by atoms with E-state index in [9.17, 15) is 49.6 Å². The molecule has 22 heteroatoms. The van der Waals surface area contributed by atoms with E-state index in [0.29, 0.717) is 0 Å². The van der Waals surface area contributed by atoms with Gasteiger partial charge in [0.15, 0.2) is 24.0 Å². The number of anilines is 1. The summed E-state index contributed by atoms with van der Waals surface area (Å²) in [5.41, 5.74) is 6.04. The molecule has 0 bridgehead atoms. The monoisotopic (exact) mass is 601 g/mol. The second kappa shape index (κ2) is 11.0. The fourth-order valence-electron chi connectivity index (χ4n) is 3.80. The predicted molar refractivity (Wildman–Crippen MR) is 117 cm³/mol. The third-order valence-corrected chi connectivity index (χ3v) is 8.27. The maximum absolute atomic E-state index is 13.1. The van der Waals surface area contributed by atoms with Gasteiger partial charge in [-0.3, -0.25) is 13.6 Å². The van der Waals surface area contributed by atoms with Crippen molar-refractivity contribution in [2.45, 2.75) is 55.2 Å². The van der Waals surface area contributed by atoms with E-state index in [1.54, 1.807) is 0 Å². The molecule has 0 amide bonds. The second-order valence-corrected chi connectivity index (χ2v) is 11.2. The van der Waals surface area contributed by atoms with Gasteiger partial charge in [0, 0.05) is 0 Å². The summed E-state index contributed by atoms with van der Waals surface area (Å²) in [4.78, 5) is 30.2.